The molecular formula is C18H29N5O4. The smallest absolute Gasteiger partial charge is 0.317 e. The van der Waals surface area contributed by atoms with Crippen LogP contribution in [0.2, 0.25) is 0 Å². The van der Waals surface area contributed by atoms with Gasteiger partial charge in [0.05, 0.1) is 12.0 Å². The highest BCUT2D eigenvalue weighted by Gasteiger charge is 2.39. The summed E-state index contributed by atoms with van der Waals surface area (Å²) in [5.74, 6) is 0.479. The molecule has 3 rings (SSSR count). The number of aliphatic carboxylic acids is 1. The van der Waals surface area contributed by atoms with Crippen LogP contribution in [0.3, 0.4) is 0 Å². The number of hydrogen-bond acceptors (Lipinski definition) is 6. The Labute approximate surface area is 159 Å². The van der Waals surface area contributed by atoms with Crippen LogP contribution in [0.15, 0.2) is 4.52 Å². The fraction of sp³-hybridized carbons (Fsp3) is 0.778. The van der Waals surface area contributed by atoms with Gasteiger partial charge in [0, 0.05) is 25.2 Å². The van der Waals surface area contributed by atoms with Crippen LogP contribution in [0, 0.1) is 6.92 Å². The van der Waals surface area contributed by atoms with Gasteiger partial charge in [-0.2, -0.15) is 4.98 Å². The SMILES string of the molecule is CCN(CC(=O)O)C1CC(NC(=O)N2CCC(C)(c3nc(C)no3)CC2)C1. The third-order valence-electron chi connectivity index (χ3n) is 5.90. The van der Waals surface area contributed by atoms with E-state index in [1.165, 1.54) is 0 Å². The number of rotatable bonds is 6. The Morgan fingerprint density at radius 2 is 2.04 bits per heavy atom. The minimum absolute atomic E-state index is 0.0384. The standard InChI is InChI=1S/C18H29N5O4/c1-4-22(11-15(24)25)14-9-13(10-14)20-17(26)23-7-5-18(3,6-8-23)16-19-12(2)21-27-16/h13-14H,4-11H2,1-3H3,(H,20,26)(H,24,25). The van der Waals surface area contributed by atoms with Crippen molar-refractivity contribution in [1.82, 2.24) is 25.3 Å². The van der Waals surface area contributed by atoms with Crippen LogP contribution < -0.4 is 5.32 Å². The quantitative estimate of drug-likeness (QED) is 0.768. The molecule has 150 valence electrons. The highest BCUT2D eigenvalue weighted by Crippen LogP contribution is 2.34. The van der Waals surface area contributed by atoms with Gasteiger partial charge in [0.1, 0.15) is 0 Å². The summed E-state index contributed by atoms with van der Waals surface area (Å²) in [6, 6.07) is 0.322. The number of aryl methyl sites for hydroxylation is 1. The Hall–Kier alpha value is -2.16. The fourth-order valence-corrected chi connectivity index (χ4v) is 3.90. The summed E-state index contributed by atoms with van der Waals surface area (Å²) in [7, 11) is 0. The number of carboxylic acids is 1. The Kier molecular flexibility index (Phi) is 5.69. The fourth-order valence-electron chi connectivity index (χ4n) is 3.90. The van der Waals surface area contributed by atoms with E-state index in [0.29, 0.717) is 31.3 Å². The molecule has 1 saturated heterocycles. The average Bonchev–Trinajstić information content (AvgIpc) is 3.03. The molecule has 1 saturated carbocycles. The van der Waals surface area contributed by atoms with Crippen LogP contribution in [-0.4, -0.2) is 75.3 Å². The Bertz CT molecular complexity index is 677. The van der Waals surface area contributed by atoms with E-state index in [4.69, 9.17) is 9.63 Å². The first-order chi connectivity index (χ1) is 12.8. The van der Waals surface area contributed by atoms with E-state index < -0.39 is 5.97 Å². The maximum absolute atomic E-state index is 12.5. The van der Waals surface area contributed by atoms with Gasteiger partial charge in [-0.1, -0.05) is 19.0 Å². The number of aromatic nitrogens is 2. The monoisotopic (exact) mass is 379 g/mol. The van der Waals surface area contributed by atoms with E-state index in [1.807, 2.05) is 16.7 Å². The second-order valence-corrected chi connectivity index (χ2v) is 7.92. The molecule has 1 aromatic heterocycles. The molecule has 9 nitrogen and oxygen atoms in total. The Morgan fingerprint density at radius 3 is 2.56 bits per heavy atom. The van der Waals surface area contributed by atoms with E-state index in [2.05, 4.69) is 22.4 Å². The molecule has 1 aromatic rings. The number of nitrogens with zero attached hydrogens (tertiary/aromatic N) is 4. The number of carbonyl (C=O) groups is 2. The van der Waals surface area contributed by atoms with Crippen LogP contribution in [0.25, 0.3) is 0 Å². The number of carbonyl (C=O) groups excluding carboxylic acids is 1. The van der Waals surface area contributed by atoms with Crippen LogP contribution >= 0.6 is 0 Å². The van der Waals surface area contributed by atoms with Crippen LogP contribution in [0.4, 0.5) is 4.79 Å². The molecule has 2 fully saturated rings. The molecule has 0 bridgehead atoms. The third kappa shape index (κ3) is 4.40. The topological polar surface area (TPSA) is 112 Å². The summed E-state index contributed by atoms with van der Waals surface area (Å²) in [4.78, 5) is 31.6. The third-order valence-corrected chi connectivity index (χ3v) is 5.90. The first-order valence-electron chi connectivity index (χ1n) is 9.63. The number of urea groups is 1. The van der Waals surface area contributed by atoms with Gasteiger partial charge in [0.15, 0.2) is 5.82 Å². The number of likely N-dealkylation sites (N-methyl/N-ethyl adjacent to an activating group) is 1. The molecule has 1 aliphatic carbocycles. The molecule has 2 N–H and O–H groups in total. The minimum atomic E-state index is -0.808. The molecule has 0 radical (unpaired) electrons. The zero-order valence-corrected chi connectivity index (χ0v) is 16.3. The van der Waals surface area contributed by atoms with Gasteiger partial charge in [0.25, 0.3) is 0 Å². The normalized spacial score (nSPS) is 24.5. The Morgan fingerprint density at radius 1 is 1.37 bits per heavy atom. The number of nitrogens with one attached hydrogen (secondary N) is 1. The number of amides is 2. The van der Waals surface area contributed by atoms with Crippen molar-refractivity contribution in [2.24, 2.45) is 0 Å². The van der Waals surface area contributed by atoms with Crippen molar-refractivity contribution >= 4 is 12.0 Å². The van der Waals surface area contributed by atoms with Gasteiger partial charge < -0.3 is 19.8 Å². The predicted molar refractivity (Wildman–Crippen MR) is 97.4 cm³/mol. The molecule has 9 heteroatoms. The van der Waals surface area contributed by atoms with Gasteiger partial charge in [-0.25, -0.2) is 4.79 Å². The summed E-state index contributed by atoms with van der Waals surface area (Å²) in [6.07, 6.45) is 3.19. The first kappa shape index (κ1) is 19.6. The lowest BCUT2D eigenvalue weighted by molar-refractivity contribution is -0.139. The van der Waals surface area contributed by atoms with Gasteiger partial charge in [-0.3, -0.25) is 9.69 Å². The maximum Gasteiger partial charge on any atom is 0.317 e. The van der Waals surface area contributed by atoms with E-state index >= 15 is 0 Å². The number of piperidine rings is 1. The first-order valence-corrected chi connectivity index (χ1v) is 9.63. The van der Waals surface area contributed by atoms with Crippen molar-refractivity contribution in [3.8, 4) is 0 Å². The van der Waals surface area contributed by atoms with Crippen molar-refractivity contribution in [2.45, 2.75) is 64.0 Å². The zero-order valence-electron chi connectivity index (χ0n) is 16.3. The van der Waals surface area contributed by atoms with Crippen LogP contribution in [0.5, 0.6) is 0 Å². The summed E-state index contributed by atoms with van der Waals surface area (Å²) in [5, 5.41) is 15.9. The molecule has 0 aromatic carbocycles. The lowest BCUT2D eigenvalue weighted by Gasteiger charge is -2.43. The summed E-state index contributed by atoms with van der Waals surface area (Å²) >= 11 is 0. The van der Waals surface area contributed by atoms with Crippen molar-refractivity contribution in [3.05, 3.63) is 11.7 Å². The molecule has 2 heterocycles. The summed E-state index contributed by atoms with van der Waals surface area (Å²) in [6.45, 7) is 7.94. The molecule has 2 amide bonds. The van der Waals surface area contributed by atoms with Crippen LogP contribution in [0.1, 0.15) is 51.2 Å². The second-order valence-electron chi connectivity index (χ2n) is 7.92. The van der Waals surface area contributed by atoms with Gasteiger partial charge in [-0.05, 0) is 39.2 Å². The zero-order chi connectivity index (χ0) is 19.6. The largest absolute Gasteiger partial charge is 0.480 e. The Balaban J connectivity index is 1.44. The maximum atomic E-state index is 12.5. The molecule has 0 unspecified atom stereocenters. The van der Waals surface area contributed by atoms with E-state index in [1.54, 1.807) is 6.92 Å². The lowest BCUT2D eigenvalue weighted by Crippen LogP contribution is -2.57. The lowest BCUT2D eigenvalue weighted by atomic mass is 9.80. The molecule has 2 aliphatic rings. The molecular weight excluding hydrogens is 350 g/mol. The molecule has 0 atom stereocenters. The van der Waals surface area contributed by atoms with Crippen molar-refractivity contribution in [2.75, 3.05) is 26.2 Å². The van der Waals surface area contributed by atoms with Gasteiger partial charge in [-0.15, -0.1) is 0 Å². The summed E-state index contributed by atoms with van der Waals surface area (Å²) < 4.78 is 5.34. The van der Waals surface area contributed by atoms with E-state index in [0.717, 1.165) is 25.7 Å². The molecule has 1 aliphatic heterocycles. The second kappa shape index (κ2) is 7.84. The van der Waals surface area contributed by atoms with Gasteiger partial charge in [0.2, 0.25) is 5.89 Å². The minimum Gasteiger partial charge on any atom is -0.480 e. The predicted octanol–water partition coefficient (Wildman–Crippen LogP) is 1.38. The molecule has 0 spiro atoms. The van der Waals surface area contributed by atoms with Crippen molar-refractivity contribution < 1.29 is 19.2 Å². The summed E-state index contributed by atoms with van der Waals surface area (Å²) in [5.41, 5.74) is -0.182. The van der Waals surface area contributed by atoms with Crippen molar-refractivity contribution in [1.29, 1.82) is 0 Å². The van der Waals surface area contributed by atoms with E-state index in [-0.39, 0.29) is 30.1 Å². The highest BCUT2D eigenvalue weighted by atomic mass is 16.5. The number of hydrogen-bond donors (Lipinski definition) is 2. The van der Waals surface area contributed by atoms with E-state index in [9.17, 15) is 9.59 Å². The number of likely N-dealkylation sites (tertiary alicyclic amines) is 1. The highest BCUT2D eigenvalue weighted by molar-refractivity contribution is 5.75. The van der Waals surface area contributed by atoms with Crippen LogP contribution in [-0.2, 0) is 10.2 Å². The van der Waals surface area contributed by atoms with Gasteiger partial charge >= 0.3 is 12.0 Å². The number of carboxylic acid groups (broad SMARTS) is 1. The van der Waals surface area contributed by atoms with Crippen molar-refractivity contribution in [3.63, 3.8) is 0 Å². The average molecular weight is 379 g/mol. The molecule has 27 heavy (non-hydrogen) atoms.